The molecule has 1 aromatic rings. The van der Waals surface area contributed by atoms with Crippen LogP contribution in [0.25, 0.3) is 0 Å². The zero-order valence-corrected chi connectivity index (χ0v) is 15.5. The summed E-state index contributed by atoms with van der Waals surface area (Å²) < 4.78 is 6.33. The van der Waals surface area contributed by atoms with E-state index < -0.39 is 5.60 Å². The first-order chi connectivity index (χ1) is 10.3. The van der Waals surface area contributed by atoms with Gasteiger partial charge in [0, 0.05) is 27.2 Å². The Kier molecular flexibility index (Phi) is 6.79. The highest BCUT2D eigenvalue weighted by Gasteiger charge is 2.45. The largest absolute Gasteiger partial charge is 0.311 e. The molecule has 0 amide bonds. The Morgan fingerprint density at radius 2 is 2.14 bits per heavy atom. The van der Waals surface area contributed by atoms with Crippen LogP contribution in [0.15, 0.2) is 54.1 Å². The van der Waals surface area contributed by atoms with Crippen LogP contribution < -0.4 is 5.32 Å². The zero-order valence-electron chi connectivity index (χ0n) is 12.5. The van der Waals surface area contributed by atoms with Crippen LogP contribution in [0.1, 0.15) is 32.3 Å². The second-order valence-corrected chi connectivity index (χ2v) is 6.51. The molecule has 0 spiro atoms. The second kappa shape index (κ2) is 8.36. The summed E-state index contributed by atoms with van der Waals surface area (Å²) in [6.07, 6.45) is 8.74. The molecule has 114 valence electrons. The van der Waals surface area contributed by atoms with Crippen molar-refractivity contribution in [3.63, 3.8) is 0 Å². The molecular formula is C17H22INOS. The molecule has 0 bridgehead atoms. The fraction of sp³-hybridized carbons (Fsp3) is 0.412. The van der Waals surface area contributed by atoms with Crippen molar-refractivity contribution >= 4 is 30.4 Å². The minimum absolute atomic E-state index is 0.296. The average Bonchev–Trinajstić information content (AvgIpc) is 3.06. The van der Waals surface area contributed by atoms with Gasteiger partial charge in [-0.2, -0.15) is 0 Å². The van der Waals surface area contributed by atoms with E-state index in [1.165, 1.54) is 26.8 Å². The number of allylic oxidation sites excluding steroid dienone is 2. The summed E-state index contributed by atoms with van der Waals surface area (Å²) in [7, 11) is 1.42. The van der Waals surface area contributed by atoms with E-state index in [0.717, 1.165) is 13.0 Å². The fourth-order valence-corrected chi connectivity index (χ4v) is 4.36. The Hall–Kier alpha value is -0.300. The predicted octanol–water partition coefficient (Wildman–Crippen LogP) is 5.17. The first-order valence-electron chi connectivity index (χ1n) is 7.34. The van der Waals surface area contributed by atoms with Gasteiger partial charge in [-0.15, -0.1) is 0 Å². The summed E-state index contributed by atoms with van der Waals surface area (Å²) in [6.45, 7) is 5.20. The molecule has 1 fully saturated rings. The van der Waals surface area contributed by atoms with Gasteiger partial charge >= 0.3 is 0 Å². The molecule has 2 rings (SSSR count). The van der Waals surface area contributed by atoms with Crippen LogP contribution in [0.5, 0.6) is 0 Å². The van der Waals surface area contributed by atoms with Crippen molar-refractivity contribution in [2.45, 2.75) is 38.3 Å². The number of nitrogens with one attached hydrogen (secondary N) is 1. The molecule has 1 aromatic carbocycles. The van der Waals surface area contributed by atoms with Crippen LogP contribution in [-0.2, 0) is 9.78 Å². The first kappa shape index (κ1) is 17.1. The summed E-state index contributed by atoms with van der Waals surface area (Å²) in [5, 5.41) is 3.64. The van der Waals surface area contributed by atoms with Gasteiger partial charge in [-0.25, -0.2) is 0 Å². The maximum atomic E-state index is 6.33. The van der Waals surface area contributed by atoms with E-state index in [2.05, 4.69) is 88.9 Å². The summed E-state index contributed by atoms with van der Waals surface area (Å²) in [4.78, 5) is 0. The van der Waals surface area contributed by atoms with E-state index in [4.69, 9.17) is 4.18 Å². The molecular weight excluding hydrogens is 393 g/mol. The number of halogens is 1. The molecule has 2 nitrogen and oxygen atoms in total. The normalized spacial score (nSPS) is 22.6. The molecule has 0 saturated carbocycles. The van der Waals surface area contributed by atoms with E-state index in [9.17, 15) is 0 Å². The Morgan fingerprint density at radius 1 is 1.38 bits per heavy atom. The third-order valence-corrected chi connectivity index (χ3v) is 4.87. The van der Waals surface area contributed by atoms with Crippen LogP contribution in [0.3, 0.4) is 0 Å². The second-order valence-electron chi connectivity index (χ2n) is 5.14. The van der Waals surface area contributed by atoms with Gasteiger partial charge in [-0.05, 0) is 44.4 Å². The zero-order chi connectivity index (χ0) is 15.1. The van der Waals surface area contributed by atoms with E-state index in [1.807, 2.05) is 0 Å². The standard InChI is InChI=1S/C17H22INOS/c1-3-9-14(4-2)17(20-21-18,16-12-8-13-19-16)15-10-6-5-7-11-15/h3-7,9-11,16,19H,8,12-13H2,1-2H3/b9-3-,14-4+. The highest BCUT2D eigenvalue weighted by Crippen LogP contribution is 2.44. The van der Waals surface area contributed by atoms with Crippen LogP contribution in [0, 0.1) is 0 Å². The maximum absolute atomic E-state index is 6.33. The van der Waals surface area contributed by atoms with Crippen molar-refractivity contribution in [2.75, 3.05) is 6.54 Å². The van der Waals surface area contributed by atoms with Crippen molar-refractivity contribution in [1.82, 2.24) is 5.32 Å². The molecule has 2 atom stereocenters. The smallest absolute Gasteiger partial charge is 0.149 e. The van der Waals surface area contributed by atoms with Gasteiger partial charge in [-0.3, -0.25) is 4.18 Å². The fourth-order valence-electron chi connectivity index (χ4n) is 3.10. The number of hydrogen-bond donors (Lipinski definition) is 1. The monoisotopic (exact) mass is 415 g/mol. The molecule has 1 aliphatic heterocycles. The summed E-state index contributed by atoms with van der Waals surface area (Å²) in [5.41, 5.74) is 1.98. The van der Waals surface area contributed by atoms with Crippen LogP contribution in [0.2, 0.25) is 0 Å². The first-order valence-corrected chi connectivity index (χ1v) is 10.6. The summed E-state index contributed by atoms with van der Waals surface area (Å²) in [6, 6.07) is 10.9. The lowest BCUT2D eigenvalue weighted by Crippen LogP contribution is -2.47. The quantitative estimate of drug-likeness (QED) is 0.394. The Balaban J connectivity index is 2.58. The van der Waals surface area contributed by atoms with E-state index in [-0.39, 0.29) is 0 Å². The van der Waals surface area contributed by atoms with Gasteiger partial charge in [0.15, 0.2) is 0 Å². The van der Waals surface area contributed by atoms with Crippen molar-refractivity contribution < 1.29 is 4.18 Å². The minimum Gasteiger partial charge on any atom is -0.311 e. The Bertz CT molecular complexity index is 497. The minimum atomic E-state index is -0.440. The highest BCUT2D eigenvalue weighted by molar-refractivity contribution is 14.2. The van der Waals surface area contributed by atoms with Gasteiger partial charge in [0.2, 0.25) is 0 Å². The van der Waals surface area contributed by atoms with Crippen molar-refractivity contribution in [1.29, 1.82) is 0 Å². The third-order valence-electron chi connectivity index (χ3n) is 4.00. The molecule has 4 heteroatoms. The molecule has 1 saturated heterocycles. The van der Waals surface area contributed by atoms with E-state index >= 15 is 0 Å². The third kappa shape index (κ3) is 3.55. The van der Waals surface area contributed by atoms with E-state index in [0.29, 0.717) is 6.04 Å². The van der Waals surface area contributed by atoms with Crippen molar-refractivity contribution in [3.05, 3.63) is 59.7 Å². The molecule has 2 unspecified atom stereocenters. The lowest BCUT2D eigenvalue weighted by molar-refractivity contribution is 0.100. The van der Waals surface area contributed by atoms with Gasteiger partial charge in [0.25, 0.3) is 0 Å². The lowest BCUT2D eigenvalue weighted by atomic mass is 9.78. The van der Waals surface area contributed by atoms with Crippen molar-refractivity contribution in [2.24, 2.45) is 0 Å². The number of rotatable bonds is 6. The molecule has 0 aliphatic carbocycles. The molecule has 1 N–H and O–H groups in total. The van der Waals surface area contributed by atoms with Crippen LogP contribution in [0.4, 0.5) is 0 Å². The van der Waals surface area contributed by atoms with Gasteiger partial charge in [-0.1, -0.05) is 48.6 Å². The number of hydrogen-bond acceptors (Lipinski definition) is 3. The average molecular weight is 415 g/mol. The summed E-state index contributed by atoms with van der Waals surface area (Å²) in [5.74, 6) is 0. The SMILES string of the molecule is C/C=C\C(=C/C)C(OSI)(c1ccccc1)C1CCCN1. The molecule has 1 aliphatic rings. The molecule has 0 aromatic heterocycles. The Labute approximate surface area is 144 Å². The summed E-state index contributed by atoms with van der Waals surface area (Å²) >= 11 is 2.22. The highest BCUT2D eigenvalue weighted by atomic mass is 127. The molecule has 0 radical (unpaired) electrons. The lowest BCUT2D eigenvalue weighted by Gasteiger charge is -2.39. The van der Waals surface area contributed by atoms with Crippen LogP contribution >= 0.6 is 30.4 Å². The van der Waals surface area contributed by atoms with Crippen molar-refractivity contribution in [3.8, 4) is 0 Å². The van der Waals surface area contributed by atoms with Gasteiger partial charge < -0.3 is 5.32 Å². The van der Waals surface area contributed by atoms with Crippen LogP contribution in [-0.4, -0.2) is 12.6 Å². The predicted molar refractivity (Wildman–Crippen MR) is 100 cm³/mol. The molecule has 21 heavy (non-hydrogen) atoms. The van der Waals surface area contributed by atoms with Gasteiger partial charge in [0.05, 0.1) is 9.21 Å². The topological polar surface area (TPSA) is 21.3 Å². The number of benzene rings is 1. The Morgan fingerprint density at radius 3 is 2.67 bits per heavy atom. The van der Waals surface area contributed by atoms with E-state index in [1.54, 1.807) is 0 Å². The van der Waals surface area contributed by atoms with Gasteiger partial charge in [0.1, 0.15) is 5.60 Å². The molecule has 1 heterocycles. The maximum Gasteiger partial charge on any atom is 0.149 e.